The lowest BCUT2D eigenvalue weighted by Crippen LogP contribution is -2.46. The molecule has 0 bridgehead atoms. The van der Waals surface area contributed by atoms with Crippen LogP contribution in [-0.4, -0.2) is 41.0 Å². The molecule has 26 heavy (non-hydrogen) atoms. The van der Waals surface area contributed by atoms with Crippen LogP contribution in [0, 0.1) is 13.8 Å². The molecule has 1 aliphatic heterocycles. The first-order valence-electron chi connectivity index (χ1n) is 9.05. The van der Waals surface area contributed by atoms with Crippen LogP contribution in [0.1, 0.15) is 16.7 Å². The number of benzene rings is 1. The minimum atomic E-state index is 0.623. The van der Waals surface area contributed by atoms with Gasteiger partial charge in [-0.2, -0.15) is 0 Å². The van der Waals surface area contributed by atoms with E-state index in [1.54, 1.807) is 0 Å². The van der Waals surface area contributed by atoms with Crippen LogP contribution < -0.4 is 4.90 Å². The molecule has 3 heterocycles. The summed E-state index contributed by atoms with van der Waals surface area (Å²) in [6, 6.07) is 12.6. The number of fused-ring (bicyclic) bond motifs is 1. The van der Waals surface area contributed by atoms with E-state index in [1.807, 2.05) is 18.3 Å². The van der Waals surface area contributed by atoms with Gasteiger partial charge in [0.05, 0.1) is 5.52 Å². The van der Waals surface area contributed by atoms with Crippen LogP contribution in [0.5, 0.6) is 0 Å². The lowest BCUT2D eigenvalue weighted by Gasteiger charge is -2.35. The number of hydrogen-bond donors (Lipinski definition) is 0. The van der Waals surface area contributed by atoms with Crippen molar-refractivity contribution in [2.75, 3.05) is 31.1 Å². The number of hydrogen-bond acceptors (Lipinski definition) is 4. The Morgan fingerprint density at radius 1 is 1.04 bits per heavy atom. The molecular weight excluding hydrogens is 344 g/mol. The Labute approximate surface area is 159 Å². The standard InChI is InChI=1S/C21H23ClN4/c1-15-6-7-17-13-18(21(22)24-20(17)16(15)2)14-25-9-11-26(12-10-25)19-5-3-4-8-23-19/h3-8,13H,9-12,14H2,1-2H3. The number of aromatic nitrogens is 2. The maximum absolute atomic E-state index is 6.51. The highest BCUT2D eigenvalue weighted by atomic mass is 35.5. The molecule has 5 heteroatoms. The Bertz CT molecular complexity index is 918. The highest BCUT2D eigenvalue weighted by Gasteiger charge is 2.19. The van der Waals surface area contributed by atoms with Gasteiger partial charge in [0, 0.05) is 49.9 Å². The Kier molecular flexibility index (Phi) is 4.79. The van der Waals surface area contributed by atoms with Crippen LogP contribution in [-0.2, 0) is 6.54 Å². The first kappa shape index (κ1) is 17.3. The zero-order chi connectivity index (χ0) is 18.1. The molecule has 0 spiro atoms. The number of piperazine rings is 1. The third-order valence-corrected chi connectivity index (χ3v) is 5.60. The number of pyridine rings is 2. The Morgan fingerprint density at radius 3 is 2.58 bits per heavy atom. The van der Waals surface area contributed by atoms with Gasteiger partial charge in [-0.25, -0.2) is 9.97 Å². The van der Waals surface area contributed by atoms with Crippen molar-refractivity contribution in [3.8, 4) is 0 Å². The van der Waals surface area contributed by atoms with E-state index in [1.165, 1.54) is 16.5 Å². The zero-order valence-electron chi connectivity index (χ0n) is 15.2. The third kappa shape index (κ3) is 3.39. The minimum absolute atomic E-state index is 0.623. The zero-order valence-corrected chi connectivity index (χ0v) is 16.0. The molecule has 0 atom stereocenters. The maximum Gasteiger partial charge on any atom is 0.134 e. The molecule has 4 rings (SSSR count). The van der Waals surface area contributed by atoms with Crippen molar-refractivity contribution in [3.05, 3.63) is 64.4 Å². The van der Waals surface area contributed by atoms with Gasteiger partial charge < -0.3 is 4.90 Å². The topological polar surface area (TPSA) is 32.3 Å². The monoisotopic (exact) mass is 366 g/mol. The fraction of sp³-hybridized carbons (Fsp3) is 0.333. The summed E-state index contributed by atoms with van der Waals surface area (Å²) in [5, 5.41) is 1.79. The lowest BCUT2D eigenvalue weighted by molar-refractivity contribution is 0.249. The molecule has 2 aromatic heterocycles. The molecule has 1 aliphatic rings. The maximum atomic E-state index is 6.51. The molecule has 0 amide bonds. The van der Waals surface area contributed by atoms with Gasteiger partial charge in [0.25, 0.3) is 0 Å². The summed E-state index contributed by atoms with van der Waals surface area (Å²) in [4.78, 5) is 13.9. The van der Waals surface area contributed by atoms with E-state index in [4.69, 9.17) is 11.6 Å². The molecule has 4 nitrogen and oxygen atoms in total. The molecule has 1 aromatic carbocycles. The van der Waals surface area contributed by atoms with Crippen molar-refractivity contribution in [2.45, 2.75) is 20.4 Å². The van der Waals surface area contributed by atoms with Crippen molar-refractivity contribution >= 4 is 28.3 Å². The highest BCUT2D eigenvalue weighted by molar-refractivity contribution is 6.30. The molecular formula is C21H23ClN4. The normalized spacial score (nSPS) is 15.6. The number of halogens is 1. The van der Waals surface area contributed by atoms with Crippen LogP contribution in [0.2, 0.25) is 5.15 Å². The van der Waals surface area contributed by atoms with Gasteiger partial charge in [-0.05, 0) is 43.2 Å². The number of rotatable bonds is 3. The largest absolute Gasteiger partial charge is 0.354 e. The number of aryl methyl sites for hydroxylation is 2. The summed E-state index contributed by atoms with van der Waals surface area (Å²) in [7, 11) is 0. The van der Waals surface area contributed by atoms with E-state index in [2.05, 4.69) is 57.9 Å². The average Bonchev–Trinajstić information content (AvgIpc) is 2.67. The number of nitrogens with zero attached hydrogens (tertiary/aromatic N) is 4. The predicted octanol–water partition coefficient (Wildman–Crippen LogP) is 4.22. The molecule has 1 fully saturated rings. The van der Waals surface area contributed by atoms with Crippen molar-refractivity contribution in [3.63, 3.8) is 0 Å². The van der Waals surface area contributed by atoms with Crippen LogP contribution in [0.4, 0.5) is 5.82 Å². The smallest absolute Gasteiger partial charge is 0.134 e. The summed E-state index contributed by atoms with van der Waals surface area (Å²) in [6.07, 6.45) is 1.85. The molecule has 3 aromatic rings. The minimum Gasteiger partial charge on any atom is -0.354 e. The summed E-state index contributed by atoms with van der Waals surface area (Å²) in [6.45, 7) is 9.01. The second-order valence-corrected chi connectivity index (χ2v) is 7.33. The van der Waals surface area contributed by atoms with Crippen molar-refractivity contribution in [1.29, 1.82) is 0 Å². The first-order valence-corrected chi connectivity index (χ1v) is 9.43. The van der Waals surface area contributed by atoms with Gasteiger partial charge in [-0.15, -0.1) is 0 Å². The van der Waals surface area contributed by atoms with E-state index in [-0.39, 0.29) is 0 Å². The third-order valence-electron chi connectivity index (χ3n) is 5.28. The number of anilines is 1. The van der Waals surface area contributed by atoms with Crippen molar-refractivity contribution < 1.29 is 0 Å². The predicted molar refractivity (Wildman–Crippen MR) is 108 cm³/mol. The van der Waals surface area contributed by atoms with Crippen molar-refractivity contribution in [2.24, 2.45) is 0 Å². The van der Waals surface area contributed by atoms with Crippen LogP contribution in [0.15, 0.2) is 42.6 Å². The first-order chi connectivity index (χ1) is 12.6. The fourth-order valence-corrected chi connectivity index (χ4v) is 3.73. The summed E-state index contributed by atoms with van der Waals surface area (Å²) in [5.74, 6) is 1.06. The quantitative estimate of drug-likeness (QED) is 0.649. The molecule has 1 saturated heterocycles. The van der Waals surface area contributed by atoms with Crippen molar-refractivity contribution in [1.82, 2.24) is 14.9 Å². The van der Waals surface area contributed by atoms with Crippen LogP contribution in [0.25, 0.3) is 10.9 Å². The summed E-state index contributed by atoms with van der Waals surface area (Å²) < 4.78 is 0. The van der Waals surface area contributed by atoms with E-state index in [0.717, 1.165) is 49.6 Å². The highest BCUT2D eigenvalue weighted by Crippen LogP contribution is 2.26. The molecule has 0 aliphatic carbocycles. The van der Waals surface area contributed by atoms with Crippen LogP contribution in [0.3, 0.4) is 0 Å². The van der Waals surface area contributed by atoms with E-state index in [0.29, 0.717) is 5.15 Å². The van der Waals surface area contributed by atoms with Crippen LogP contribution >= 0.6 is 11.6 Å². The fourth-order valence-electron chi connectivity index (χ4n) is 3.53. The molecule has 0 N–H and O–H groups in total. The van der Waals surface area contributed by atoms with Gasteiger partial charge in [-0.3, -0.25) is 4.90 Å². The molecule has 134 valence electrons. The second kappa shape index (κ2) is 7.22. The summed E-state index contributed by atoms with van der Waals surface area (Å²) >= 11 is 6.51. The Hall–Kier alpha value is -2.17. The average molecular weight is 367 g/mol. The SMILES string of the molecule is Cc1ccc2cc(CN3CCN(c4ccccn4)CC3)c(Cl)nc2c1C. The van der Waals surface area contributed by atoms with Gasteiger partial charge in [0.2, 0.25) is 0 Å². The molecule has 0 radical (unpaired) electrons. The van der Waals surface area contributed by atoms with Gasteiger partial charge in [0.1, 0.15) is 11.0 Å². The van der Waals surface area contributed by atoms with Gasteiger partial charge >= 0.3 is 0 Å². The Balaban J connectivity index is 1.48. The van der Waals surface area contributed by atoms with Gasteiger partial charge in [0.15, 0.2) is 0 Å². The molecule has 0 unspecified atom stereocenters. The lowest BCUT2D eigenvalue weighted by atomic mass is 10.0. The van der Waals surface area contributed by atoms with E-state index >= 15 is 0 Å². The Morgan fingerprint density at radius 2 is 1.85 bits per heavy atom. The summed E-state index contributed by atoms with van der Waals surface area (Å²) in [5.41, 5.74) is 4.58. The van der Waals surface area contributed by atoms with E-state index in [9.17, 15) is 0 Å². The van der Waals surface area contributed by atoms with E-state index < -0.39 is 0 Å². The second-order valence-electron chi connectivity index (χ2n) is 6.97. The molecule has 0 saturated carbocycles. The van der Waals surface area contributed by atoms with Gasteiger partial charge in [-0.1, -0.05) is 29.8 Å².